The van der Waals surface area contributed by atoms with Crippen LogP contribution in [0.15, 0.2) is 0 Å². The van der Waals surface area contributed by atoms with Crippen LogP contribution >= 0.6 is 0 Å². The normalized spacial score (nSPS) is 42.2. The number of nitrogens with two attached hydrogens (primary N) is 1. The van der Waals surface area contributed by atoms with Gasteiger partial charge >= 0.3 is 0 Å². The van der Waals surface area contributed by atoms with E-state index < -0.39 is 0 Å². The molecule has 0 aliphatic carbocycles. The van der Waals surface area contributed by atoms with Crippen LogP contribution < -0.4 is 11.1 Å². The van der Waals surface area contributed by atoms with E-state index in [4.69, 9.17) is 15.2 Å². The highest BCUT2D eigenvalue weighted by atomic mass is 16.6. The Labute approximate surface area is 72.4 Å². The summed E-state index contributed by atoms with van der Waals surface area (Å²) >= 11 is 0. The van der Waals surface area contributed by atoms with Crippen molar-refractivity contribution in [2.75, 3.05) is 32.8 Å². The molecule has 3 N–H and O–H groups in total. The zero-order valence-corrected chi connectivity index (χ0v) is 7.21. The molecule has 4 heteroatoms. The fraction of sp³-hybridized carbons (Fsp3) is 1.00. The van der Waals surface area contributed by atoms with Crippen LogP contribution in [0.25, 0.3) is 0 Å². The van der Waals surface area contributed by atoms with E-state index >= 15 is 0 Å². The van der Waals surface area contributed by atoms with Crippen molar-refractivity contribution in [3.8, 4) is 0 Å². The lowest BCUT2D eigenvalue weighted by Crippen LogP contribution is -2.51. The van der Waals surface area contributed by atoms with E-state index in [1.165, 1.54) is 0 Å². The van der Waals surface area contributed by atoms with Gasteiger partial charge in [-0.1, -0.05) is 0 Å². The van der Waals surface area contributed by atoms with Crippen LogP contribution in [-0.4, -0.2) is 44.6 Å². The lowest BCUT2D eigenvalue weighted by atomic mass is 10.0. The Morgan fingerprint density at radius 1 is 1.58 bits per heavy atom. The summed E-state index contributed by atoms with van der Waals surface area (Å²) in [7, 11) is 0. The zero-order valence-electron chi connectivity index (χ0n) is 7.21. The van der Waals surface area contributed by atoms with Crippen molar-refractivity contribution < 1.29 is 9.47 Å². The Bertz CT molecular complexity index is 157. The molecule has 0 bridgehead atoms. The first-order chi connectivity index (χ1) is 5.85. The van der Waals surface area contributed by atoms with Crippen LogP contribution in [0.4, 0.5) is 0 Å². The molecule has 2 fully saturated rings. The first-order valence-corrected chi connectivity index (χ1v) is 4.51. The lowest BCUT2D eigenvalue weighted by molar-refractivity contribution is -0.185. The van der Waals surface area contributed by atoms with Gasteiger partial charge in [-0.25, -0.2) is 0 Å². The Kier molecular flexibility index (Phi) is 2.32. The molecule has 2 saturated heterocycles. The summed E-state index contributed by atoms with van der Waals surface area (Å²) in [4.78, 5) is 0. The molecule has 0 aromatic rings. The van der Waals surface area contributed by atoms with Gasteiger partial charge in [-0.15, -0.1) is 0 Å². The van der Waals surface area contributed by atoms with E-state index in [0.717, 1.165) is 26.1 Å². The summed E-state index contributed by atoms with van der Waals surface area (Å²) in [5, 5.41) is 3.28. The van der Waals surface area contributed by atoms with Gasteiger partial charge in [0.25, 0.3) is 0 Å². The monoisotopic (exact) mass is 172 g/mol. The van der Waals surface area contributed by atoms with Gasteiger partial charge in [0.1, 0.15) is 5.60 Å². The Balaban J connectivity index is 1.97. The van der Waals surface area contributed by atoms with E-state index in [9.17, 15) is 0 Å². The highest BCUT2D eigenvalue weighted by molar-refractivity contribution is 4.92. The summed E-state index contributed by atoms with van der Waals surface area (Å²) in [5.41, 5.74) is 5.46. The maximum atomic E-state index is 5.87. The van der Waals surface area contributed by atoms with E-state index in [-0.39, 0.29) is 11.7 Å². The van der Waals surface area contributed by atoms with Crippen LogP contribution in [0.1, 0.15) is 6.42 Å². The van der Waals surface area contributed by atoms with E-state index in [2.05, 4.69) is 5.32 Å². The van der Waals surface area contributed by atoms with Gasteiger partial charge in [0.15, 0.2) is 0 Å². The topological polar surface area (TPSA) is 56.5 Å². The Morgan fingerprint density at radius 2 is 2.50 bits per heavy atom. The maximum Gasteiger partial charge on any atom is 0.106 e. The molecule has 2 heterocycles. The van der Waals surface area contributed by atoms with Gasteiger partial charge in [-0.05, 0) is 13.0 Å². The molecule has 12 heavy (non-hydrogen) atoms. The van der Waals surface area contributed by atoms with Crippen molar-refractivity contribution in [1.82, 2.24) is 5.32 Å². The van der Waals surface area contributed by atoms with Crippen LogP contribution in [-0.2, 0) is 9.47 Å². The standard InChI is InChI=1S/C8H16N2O2/c9-3-7-4-11-6-8(12-7)1-2-10-5-8/h7,10H,1-6,9H2. The minimum Gasteiger partial charge on any atom is -0.376 e. The first kappa shape index (κ1) is 8.44. The van der Waals surface area contributed by atoms with Crippen LogP contribution in [0, 0.1) is 0 Å². The fourth-order valence-electron chi connectivity index (χ4n) is 1.86. The summed E-state index contributed by atoms with van der Waals surface area (Å²) in [6.45, 7) is 3.86. The molecular weight excluding hydrogens is 156 g/mol. The van der Waals surface area contributed by atoms with Gasteiger partial charge in [0.05, 0.1) is 19.3 Å². The fourth-order valence-corrected chi connectivity index (χ4v) is 1.86. The van der Waals surface area contributed by atoms with E-state index in [0.29, 0.717) is 13.2 Å². The summed E-state index contributed by atoms with van der Waals surface area (Å²) < 4.78 is 11.3. The number of rotatable bonds is 1. The highest BCUT2D eigenvalue weighted by Gasteiger charge is 2.40. The summed E-state index contributed by atoms with van der Waals surface area (Å²) in [6.07, 6.45) is 1.14. The molecule has 70 valence electrons. The molecular formula is C8H16N2O2. The third-order valence-electron chi connectivity index (χ3n) is 2.55. The van der Waals surface area contributed by atoms with Gasteiger partial charge in [0, 0.05) is 13.1 Å². The molecule has 0 saturated carbocycles. The maximum absolute atomic E-state index is 5.87. The van der Waals surface area contributed by atoms with Crippen molar-refractivity contribution >= 4 is 0 Å². The predicted octanol–water partition coefficient (Wildman–Crippen LogP) is -0.907. The molecule has 0 aromatic carbocycles. The molecule has 2 aliphatic heterocycles. The first-order valence-electron chi connectivity index (χ1n) is 4.51. The molecule has 0 amide bonds. The molecule has 1 spiro atoms. The van der Waals surface area contributed by atoms with Crippen LogP contribution in [0.3, 0.4) is 0 Å². The molecule has 0 radical (unpaired) electrons. The largest absolute Gasteiger partial charge is 0.376 e. The van der Waals surface area contributed by atoms with Gasteiger partial charge in [0.2, 0.25) is 0 Å². The molecule has 2 atom stereocenters. The van der Waals surface area contributed by atoms with Crippen molar-refractivity contribution in [3.05, 3.63) is 0 Å². The quantitative estimate of drug-likeness (QED) is 0.538. The second-order valence-electron chi connectivity index (χ2n) is 3.60. The second kappa shape index (κ2) is 3.30. The molecule has 2 rings (SSSR count). The SMILES string of the molecule is NCC1COCC2(CCNC2)O1. The minimum absolute atomic E-state index is 0.0672. The molecule has 2 aliphatic rings. The average Bonchev–Trinajstić information content (AvgIpc) is 2.53. The number of hydrogen-bond acceptors (Lipinski definition) is 4. The van der Waals surface area contributed by atoms with Crippen molar-refractivity contribution in [2.45, 2.75) is 18.1 Å². The van der Waals surface area contributed by atoms with Crippen LogP contribution in [0.5, 0.6) is 0 Å². The van der Waals surface area contributed by atoms with E-state index in [1.54, 1.807) is 0 Å². The summed E-state index contributed by atoms with van der Waals surface area (Å²) in [6, 6.07) is 0. The second-order valence-corrected chi connectivity index (χ2v) is 3.60. The minimum atomic E-state index is -0.0672. The molecule has 0 aromatic heterocycles. The number of ether oxygens (including phenoxy) is 2. The van der Waals surface area contributed by atoms with Crippen molar-refractivity contribution in [1.29, 1.82) is 0 Å². The highest BCUT2D eigenvalue weighted by Crippen LogP contribution is 2.25. The predicted molar refractivity (Wildman–Crippen MR) is 45.0 cm³/mol. The zero-order chi connectivity index (χ0) is 8.44. The summed E-state index contributed by atoms with van der Waals surface area (Å²) in [5.74, 6) is 0. The molecule has 2 unspecified atom stereocenters. The Morgan fingerprint density at radius 3 is 3.17 bits per heavy atom. The van der Waals surface area contributed by atoms with Gasteiger partial charge in [-0.3, -0.25) is 0 Å². The van der Waals surface area contributed by atoms with E-state index in [1.807, 2.05) is 0 Å². The number of nitrogens with one attached hydrogen (secondary N) is 1. The third kappa shape index (κ3) is 1.47. The average molecular weight is 172 g/mol. The lowest BCUT2D eigenvalue weighted by Gasteiger charge is -2.37. The van der Waals surface area contributed by atoms with Gasteiger partial charge in [-0.2, -0.15) is 0 Å². The smallest absolute Gasteiger partial charge is 0.106 e. The number of hydrogen-bond donors (Lipinski definition) is 2. The molecule has 4 nitrogen and oxygen atoms in total. The Hall–Kier alpha value is -0.160. The third-order valence-corrected chi connectivity index (χ3v) is 2.55. The van der Waals surface area contributed by atoms with Crippen molar-refractivity contribution in [3.63, 3.8) is 0 Å². The van der Waals surface area contributed by atoms with Crippen LogP contribution in [0.2, 0.25) is 0 Å². The van der Waals surface area contributed by atoms with Crippen molar-refractivity contribution in [2.24, 2.45) is 5.73 Å². The van der Waals surface area contributed by atoms with Gasteiger partial charge < -0.3 is 20.5 Å².